The predicted octanol–water partition coefficient (Wildman–Crippen LogP) is 1.89. The number of hydrogen-bond donors (Lipinski definition) is 1. The number of ketones is 1. The van der Waals surface area contributed by atoms with Gasteiger partial charge in [-0.3, -0.25) is 9.59 Å². The summed E-state index contributed by atoms with van der Waals surface area (Å²) >= 11 is 6.72. The molecule has 0 aliphatic rings. The fraction of sp³-hybridized carbons (Fsp3) is 0.111. The molecule has 1 aromatic heterocycles. The van der Waals surface area contributed by atoms with Gasteiger partial charge in [-0.1, -0.05) is 17.7 Å². The fourth-order valence-corrected chi connectivity index (χ4v) is 1.77. The molecule has 1 rings (SSSR count). The van der Waals surface area contributed by atoms with Crippen molar-refractivity contribution in [1.82, 2.24) is 5.32 Å². The van der Waals surface area contributed by atoms with Crippen LogP contribution in [0.3, 0.4) is 0 Å². The van der Waals surface area contributed by atoms with Crippen LogP contribution in [0.4, 0.5) is 0 Å². The molecule has 0 fully saturated rings. The van der Waals surface area contributed by atoms with E-state index in [1.807, 2.05) is 0 Å². The van der Waals surface area contributed by atoms with E-state index in [1.54, 1.807) is 6.07 Å². The number of amides is 1. The van der Waals surface area contributed by atoms with Crippen molar-refractivity contribution >= 4 is 34.6 Å². The van der Waals surface area contributed by atoms with Crippen LogP contribution in [0.1, 0.15) is 9.67 Å². The lowest BCUT2D eigenvalue weighted by Crippen LogP contribution is -2.30. The highest BCUT2D eigenvalue weighted by Gasteiger charge is 2.16. The van der Waals surface area contributed by atoms with Crippen LogP contribution in [0.15, 0.2) is 24.8 Å². The summed E-state index contributed by atoms with van der Waals surface area (Å²) in [7, 11) is 0. The Morgan fingerprint density at radius 3 is 2.79 bits per heavy atom. The monoisotopic (exact) mass is 229 g/mol. The Bertz CT molecular complexity index is 373. The molecule has 14 heavy (non-hydrogen) atoms. The number of halogens is 1. The van der Waals surface area contributed by atoms with Gasteiger partial charge >= 0.3 is 0 Å². The average Bonchev–Trinajstić information content (AvgIpc) is 2.60. The minimum atomic E-state index is -0.636. The molecule has 0 spiro atoms. The number of rotatable bonds is 4. The van der Waals surface area contributed by atoms with E-state index in [-0.39, 0.29) is 6.54 Å². The Morgan fingerprint density at radius 2 is 2.29 bits per heavy atom. The summed E-state index contributed by atoms with van der Waals surface area (Å²) in [5.74, 6) is -1.20. The Balaban J connectivity index is 2.65. The van der Waals surface area contributed by atoms with E-state index in [0.29, 0.717) is 9.21 Å². The van der Waals surface area contributed by atoms with E-state index in [2.05, 4.69) is 11.9 Å². The molecule has 1 amide bonds. The van der Waals surface area contributed by atoms with Gasteiger partial charge in [0.1, 0.15) is 0 Å². The summed E-state index contributed by atoms with van der Waals surface area (Å²) < 4.78 is 0.491. The maximum absolute atomic E-state index is 11.4. The zero-order chi connectivity index (χ0) is 10.6. The van der Waals surface area contributed by atoms with Crippen LogP contribution in [0.5, 0.6) is 0 Å². The van der Waals surface area contributed by atoms with Crippen molar-refractivity contribution < 1.29 is 9.59 Å². The summed E-state index contributed by atoms with van der Waals surface area (Å²) in [6.45, 7) is 3.71. The fourth-order valence-electron chi connectivity index (χ4n) is 0.793. The van der Waals surface area contributed by atoms with Crippen molar-refractivity contribution in [3.63, 3.8) is 0 Å². The minimum Gasteiger partial charge on any atom is -0.346 e. The van der Waals surface area contributed by atoms with Crippen molar-refractivity contribution in [3.8, 4) is 0 Å². The maximum atomic E-state index is 11.4. The Morgan fingerprint density at radius 1 is 1.57 bits per heavy atom. The van der Waals surface area contributed by atoms with Gasteiger partial charge in [0.2, 0.25) is 0 Å². The third kappa shape index (κ3) is 2.68. The molecule has 0 aliphatic carbocycles. The number of nitrogens with one attached hydrogen (secondary N) is 1. The maximum Gasteiger partial charge on any atom is 0.293 e. The summed E-state index contributed by atoms with van der Waals surface area (Å²) in [6.07, 6.45) is 1.51. The second kappa shape index (κ2) is 4.93. The smallest absolute Gasteiger partial charge is 0.293 e. The Labute approximate surface area is 90.4 Å². The highest BCUT2D eigenvalue weighted by molar-refractivity contribution is 7.18. The third-order valence-electron chi connectivity index (χ3n) is 1.41. The van der Waals surface area contributed by atoms with Gasteiger partial charge in [-0.25, -0.2) is 0 Å². The zero-order valence-electron chi connectivity index (χ0n) is 7.25. The molecule has 0 bridgehead atoms. The summed E-state index contributed by atoms with van der Waals surface area (Å²) in [5, 5.41) is 2.40. The second-order valence-corrected chi connectivity index (χ2v) is 4.15. The molecule has 0 atom stereocenters. The Hall–Kier alpha value is -1.13. The lowest BCUT2D eigenvalue weighted by Gasteiger charge is -1.97. The van der Waals surface area contributed by atoms with Gasteiger partial charge < -0.3 is 5.32 Å². The van der Waals surface area contributed by atoms with Crippen LogP contribution in [-0.4, -0.2) is 18.2 Å². The Kier molecular flexibility index (Phi) is 3.85. The topological polar surface area (TPSA) is 46.2 Å². The molecule has 74 valence electrons. The molecule has 0 saturated heterocycles. The SMILES string of the molecule is C=CCNC(=O)C(=O)c1ccc(Cl)s1. The summed E-state index contributed by atoms with van der Waals surface area (Å²) in [4.78, 5) is 22.9. The highest BCUT2D eigenvalue weighted by Crippen LogP contribution is 2.21. The van der Waals surface area contributed by atoms with E-state index in [1.165, 1.54) is 12.1 Å². The van der Waals surface area contributed by atoms with Gasteiger partial charge in [0.05, 0.1) is 9.21 Å². The van der Waals surface area contributed by atoms with Crippen molar-refractivity contribution in [2.75, 3.05) is 6.54 Å². The van der Waals surface area contributed by atoms with Crippen molar-refractivity contribution in [1.29, 1.82) is 0 Å². The van der Waals surface area contributed by atoms with Crippen LogP contribution >= 0.6 is 22.9 Å². The number of carbonyl (C=O) groups is 2. The molecule has 0 aromatic carbocycles. The number of Topliss-reactive ketones (excluding diaryl/α,β-unsaturated/α-hetero) is 1. The molecular formula is C9H8ClNO2S. The normalized spacial score (nSPS) is 9.50. The minimum absolute atomic E-state index is 0.281. The van der Waals surface area contributed by atoms with Crippen molar-refractivity contribution in [2.45, 2.75) is 0 Å². The van der Waals surface area contributed by atoms with Gasteiger partial charge in [0, 0.05) is 6.54 Å². The lowest BCUT2D eigenvalue weighted by molar-refractivity contribution is -0.116. The van der Waals surface area contributed by atoms with E-state index >= 15 is 0 Å². The first-order valence-corrected chi connectivity index (χ1v) is 5.03. The molecule has 1 aromatic rings. The van der Waals surface area contributed by atoms with E-state index in [4.69, 9.17) is 11.6 Å². The number of carbonyl (C=O) groups excluding carboxylic acids is 2. The van der Waals surface area contributed by atoms with Gasteiger partial charge in [-0.2, -0.15) is 0 Å². The molecule has 0 radical (unpaired) electrons. The van der Waals surface area contributed by atoms with Gasteiger partial charge in [-0.15, -0.1) is 17.9 Å². The molecule has 0 saturated carbocycles. The van der Waals surface area contributed by atoms with Gasteiger partial charge in [0.25, 0.3) is 11.7 Å². The predicted molar refractivity (Wildman–Crippen MR) is 56.9 cm³/mol. The van der Waals surface area contributed by atoms with Crippen LogP contribution in [0.25, 0.3) is 0 Å². The third-order valence-corrected chi connectivity index (χ3v) is 2.64. The first-order chi connectivity index (χ1) is 6.65. The number of thiophene rings is 1. The van der Waals surface area contributed by atoms with Crippen LogP contribution in [0, 0.1) is 0 Å². The summed E-state index contributed by atoms with van der Waals surface area (Å²) in [5.41, 5.74) is 0. The quantitative estimate of drug-likeness (QED) is 0.487. The summed E-state index contributed by atoms with van der Waals surface area (Å²) in [6, 6.07) is 3.11. The van der Waals surface area contributed by atoms with Gasteiger partial charge in [0.15, 0.2) is 0 Å². The zero-order valence-corrected chi connectivity index (χ0v) is 8.82. The largest absolute Gasteiger partial charge is 0.346 e. The molecule has 3 nitrogen and oxygen atoms in total. The lowest BCUT2D eigenvalue weighted by atomic mass is 10.3. The van der Waals surface area contributed by atoms with Crippen LogP contribution in [0.2, 0.25) is 4.34 Å². The van der Waals surface area contributed by atoms with Gasteiger partial charge in [-0.05, 0) is 12.1 Å². The second-order valence-electron chi connectivity index (χ2n) is 2.43. The first-order valence-electron chi connectivity index (χ1n) is 3.84. The molecule has 0 aliphatic heterocycles. The average molecular weight is 230 g/mol. The van der Waals surface area contributed by atoms with Crippen molar-refractivity contribution in [3.05, 3.63) is 34.0 Å². The van der Waals surface area contributed by atoms with Crippen LogP contribution < -0.4 is 5.32 Å². The number of hydrogen-bond acceptors (Lipinski definition) is 3. The van der Waals surface area contributed by atoms with Crippen LogP contribution in [-0.2, 0) is 4.79 Å². The molecule has 0 unspecified atom stereocenters. The molecule has 5 heteroatoms. The van der Waals surface area contributed by atoms with E-state index < -0.39 is 11.7 Å². The van der Waals surface area contributed by atoms with E-state index in [9.17, 15) is 9.59 Å². The molecule has 1 heterocycles. The van der Waals surface area contributed by atoms with Crippen molar-refractivity contribution in [2.24, 2.45) is 0 Å². The highest BCUT2D eigenvalue weighted by atomic mass is 35.5. The molecule has 1 N–H and O–H groups in total. The standard InChI is InChI=1S/C9H8ClNO2S/c1-2-5-11-9(13)8(12)6-3-4-7(10)14-6/h2-4H,1,5H2,(H,11,13). The molecular weight excluding hydrogens is 222 g/mol. The first kappa shape index (κ1) is 10.9. The van der Waals surface area contributed by atoms with E-state index in [0.717, 1.165) is 11.3 Å².